The zero-order valence-electron chi connectivity index (χ0n) is 11.2. The van der Waals surface area contributed by atoms with Crippen LogP contribution in [0.4, 0.5) is 13.2 Å². The molecule has 0 saturated heterocycles. The fraction of sp³-hybridized carbons (Fsp3) is 0.188. The molecule has 0 aromatic heterocycles. The van der Waals surface area contributed by atoms with E-state index in [1.165, 1.54) is 12.1 Å². The summed E-state index contributed by atoms with van der Waals surface area (Å²) in [4.78, 5) is 13.1. The zero-order chi connectivity index (χ0) is 15.3. The number of amides is 1. The lowest BCUT2D eigenvalue weighted by Crippen LogP contribution is -2.38. The van der Waals surface area contributed by atoms with Crippen molar-refractivity contribution in [1.29, 1.82) is 0 Å². The van der Waals surface area contributed by atoms with Crippen molar-refractivity contribution in [1.82, 2.24) is 4.90 Å². The van der Waals surface area contributed by atoms with E-state index in [2.05, 4.69) is 0 Å². The van der Waals surface area contributed by atoms with E-state index in [0.29, 0.717) is 5.56 Å². The van der Waals surface area contributed by atoms with E-state index in [4.69, 9.17) is 0 Å². The Bertz CT molecular complexity index is 581. The molecular formula is C16H14F3NO. The summed E-state index contributed by atoms with van der Waals surface area (Å²) in [5.74, 6) is -0.628. The number of nitrogens with zero attached hydrogens (tertiary/aromatic N) is 1. The van der Waals surface area contributed by atoms with Crippen molar-refractivity contribution in [2.75, 3.05) is 6.54 Å². The fourth-order valence-corrected chi connectivity index (χ4v) is 1.98. The molecule has 2 nitrogen and oxygen atoms in total. The van der Waals surface area contributed by atoms with Crippen molar-refractivity contribution in [3.63, 3.8) is 0 Å². The van der Waals surface area contributed by atoms with E-state index >= 15 is 0 Å². The van der Waals surface area contributed by atoms with Gasteiger partial charge in [-0.2, -0.15) is 13.2 Å². The Morgan fingerprint density at radius 3 is 1.95 bits per heavy atom. The lowest BCUT2D eigenvalue weighted by atomic mass is 10.1. The summed E-state index contributed by atoms with van der Waals surface area (Å²) < 4.78 is 38.1. The van der Waals surface area contributed by atoms with Gasteiger partial charge in [0.1, 0.15) is 6.54 Å². The van der Waals surface area contributed by atoms with Crippen molar-refractivity contribution >= 4 is 5.91 Å². The van der Waals surface area contributed by atoms with Crippen LogP contribution in [-0.4, -0.2) is 23.5 Å². The number of carbonyl (C=O) groups excluding carboxylic acids is 1. The number of alkyl halides is 3. The van der Waals surface area contributed by atoms with Crippen molar-refractivity contribution in [2.45, 2.75) is 12.7 Å². The SMILES string of the molecule is O=C(c1ccccc1)N(Cc1ccccc1)CC(F)(F)F. The molecule has 2 aromatic carbocycles. The van der Waals surface area contributed by atoms with Crippen LogP contribution in [0.25, 0.3) is 0 Å². The predicted octanol–water partition coefficient (Wildman–Crippen LogP) is 3.89. The molecule has 21 heavy (non-hydrogen) atoms. The van der Waals surface area contributed by atoms with Gasteiger partial charge in [0.2, 0.25) is 0 Å². The molecule has 0 heterocycles. The number of halogens is 3. The van der Waals surface area contributed by atoms with Crippen molar-refractivity contribution in [3.8, 4) is 0 Å². The van der Waals surface area contributed by atoms with Crippen LogP contribution in [0.1, 0.15) is 15.9 Å². The first kappa shape index (κ1) is 15.1. The number of carbonyl (C=O) groups is 1. The highest BCUT2D eigenvalue weighted by molar-refractivity contribution is 5.94. The van der Waals surface area contributed by atoms with E-state index in [-0.39, 0.29) is 12.1 Å². The Morgan fingerprint density at radius 1 is 0.905 bits per heavy atom. The second kappa shape index (κ2) is 6.43. The minimum Gasteiger partial charge on any atom is -0.325 e. The van der Waals surface area contributed by atoms with E-state index < -0.39 is 18.6 Å². The molecule has 0 atom stereocenters. The summed E-state index contributed by atoms with van der Waals surface area (Å²) in [7, 11) is 0. The number of benzene rings is 2. The van der Waals surface area contributed by atoms with Gasteiger partial charge in [-0.3, -0.25) is 4.79 Å². The monoisotopic (exact) mass is 293 g/mol. The van der Waals surface area contributed by atoms with Crippen LogP contribution >= 0.6 is 0 Å². The van der Waals surface area contributed by atoms with Crippen LogP contribution < -0.4 is 0 Å². The third kappa shape index (κ3) is 4.63. The summed E-state index contributed by atoms with van der Waals surface area (Å²) >= 11 is 0. The highest BCUT2D eigenvalue weighted by Crippen LogP contribution is 2.20. The van der Waals surface area contributed by atoms with Crippen LogP contribution in [0.3, 0.4) is 0 Å². The topological polar surface area (TPSA) is 20.3 Å². The van der Waals surface area contributed by atoms with Gasteiger partial charge in [-0.15, -0.1) is 0 Å². The molecule has 0 aliphatic rings. The molecule has 0 aliphatic heterocycles. The third-order valence-electron chi connectivity index (χ3n) is 2.89. The summed E-state index contributed by atoms with van der Waals surface area (Å²) in [5, 5.41) is 0. The summed E-state index contributed by atoms with van der Waals surface area (Å²) in [6.07, 6.45) is -4.43. The first-order chi connectivity index (χ1) is 9.96. The molecule has 2 aromatic rings. The Hall–Kier alpha value is -2.30. The number of hydrogen-bond donors (Lipinski definition) is 0. The Morgan fingerprint density at radius 2 is 1.43 bits per heavy atom. The minimum atomic E-state index is -4.43. The lowest BCUT2D eigenvalue weighted by Gasteiger charge is -2.24. The van der Waals surface area contributed by atoms with Gasteiger partial charge in [0.25, 0.3) is 5.91 Å². The maximum atomic E-state index is 12.7. The van der Waals surface area contributed by atoms with Gasteiger partial charge in [-0.25, -0.2) is 0 Å². The molecule has 1 amide bonds. The molecule has 0 fully saturated rings. The van der Waals surface area contributed by atoms with E-state index in [1.807, 2.05) is 0 Å². The number of hydrogen-bond acceptors (Lipinski definition) is 1. The van der Waals surface area contributed by atoms with Gasteiger partial charge in [-0.05, 0) is 17.7 Å². The Labute approximate surface area is 120 Å². The van der Waals surface area contributed by atoms with Gasteiger partial charge < -0.3 is 4.90 Å². The van der Waals surface area contributed by atoms with Crippen LogP contribution in [0, 0.1) is 0 Å². The van der Waals surface area contributed by atoms with Gasteiger partial charge in [0.15, 0.2) is 0 Å². The van der Waals surface area contributed by atoms with Crippen LogP contribution in [0.5, 0.6) is 0 Å². The van der Waals surface area contributed by atoms with E-state index in [0.717, 1.165) is 4.90 Å². The average molecular weight is 293 g/mol. The molecule has 0 aliphatic carbocycles. The Kier molecular flexibility index (Phi) is 4.62. The largest absolute Gasteiger partial charge is 0.406 e. The van der Waals surface area contributed by atoms with Crippen molar-refractivity contribution in [2.24, 2.45) is 0 Å². The van der Waals surface area contributed by atoms with Gasteiger partial charge in [-0.1, -0.05) is 48.5 Å². The second-order valence-corrected chi connectivity index (χ2v) is 4.63. The fourth-order valence-electron chi connectivity index (χ4n) is 1.98. The van der Waals surface area contributed by atoms with Gasteiger partial charge in [0, 0.05) is 12.1 Å². The minimum absolute atomic E-state index is 0.0753. The van der Waals surface area contributed by atoms with E-state index in [9.17, 15) is 18.0 Å². The van der Waals surface area contributed by atoms with Gasteiger partial charge in [0.05, 0.1) is 0 Å². The second-order valence-electron chi connectivity index (χ2n) is 4.63. The third-order valence-corrected chi connectivity index (χ3v) is 2.89. The quantitative estimate of drug-likeness (QED) is 0.837. The maximum Gasteiger partial charge on any atom is 0.406 e. The standard InChI is InChI=1S/C16H14F3NO/c17-16(18,19)12-20(11-13-7-3-1-4-8-13)15(21)14-9-5-2-6-10-14/h1-10H,11-12H2. The molecule has 0 saturated carbocycles. The number of rotatable bonds is 4. The first-order valence-corrected chi connectivity index (χ1v) is 6.41. The van der Waals surface area contributed by atoms with Crippen LogP contribution in [0.2, 0.25) is 0 Å². The molecule has 0 spiro atoms. The highest BCUT2D eigenvalue weighted by atomic mass is 19.4. The summed E-state index contributed by atoms with van der Waals surface area (Å²) in [6.45, 7) is -1.34. The molecular weight excluding hydrogens is 279 g/mol. The van der Waals surface area contributed by atoms with Crippen molar-refractivity contribution < 1.29 is 18.0 Å². The van der Waals surface area contributed by atoms with Gasteiger partial charge >= 0.3 is 6.18 Å². The molecule has 0 bridgehead atoms. The lowest BCUT2D eigenvalue weighted by molar-refractivity contribution is -0.141. The first-order valence-electron chi connectivity index (χ1n) is 6.41. The predicted molar refractivity (Wildman–Crippen MR) is 73.7 cm³/mol. The van der Waals surface area contributed by atoms with Crippen LogP contribution in [-0.2, 0) is 6.54 Å². The molecule has 5 heteroatoms. The molecule has 110 valence electrons. The molecule has 0 radical (unpaired) electrons. The van der Waals surface area contributed by atoms with Crippen molar-refractivity contribution in [3.05, 3.63) is 71.8 Å². The van der Waals surface area contributed by atoms with Crippen LogP contribution in [0.15, 0.2) is 60.7 Å². The maximum absolute atomic E-state index is 12.7. The smallest absolute Gasteiger partial charge is 0.325 e. The molecule has 0 unspecified atom stereocenters. The normalized spacial score (nSPS) is 11.2. The molecule has 2 rings (SSSR count). The Balaban J connectivity index is 2.22. The summed E-state index contributed by atoms with van der Waals surface area (Å²) in [6, 6.07) is 16.6. The zero-order valence-corrected chi connectivity index (χ0v) is 11.2. The summed E-state index contributed by atoms with van der Waals surface area (Å²) in [5.41, 5.74) is 0.906. The molecule has 0 N–H and O–H groups in total. The van der Waals surface area contributed by atoms with E-state index in [1.54, 1.807) is 48.5 Å². The average Bonchev–Trinajstić information content (AvgIpc) is 2.46. The highest BCUT2D eigenvalue weighted by Gasteiger charge is 2.33.